The third kappa shape index (κ3) is 6.16. The van der Waals surface area contributed by atoms with Crippen molar-refractivity contribution in [2.75, 3.05) is 37.6 Å². The minimum Gasteiger partial charge on any atom is -0.369 e. The molecule has 0 saturated carbocycles. The quantitative estimate of drug-likeness (QED) is 0.366. The van der Waals surface area contributed by atoms with Crippen molar-refractivity contribution in [2.24, 2.45) is 0 Å². The zero-order chi connectivity index (χ0) is 25.5. The summed E-state index contributed by atoms with van der Waals surface area (Å²) in [7, 11) is 0. The molecule has 0 radical (unpaired) electrons. The van der Waals surface area contributed by atoms with Crippen molar-refractivity contribution in [3.8, 4) is 5.69 Å². The smallest absolute Gasteiger partial charge is 0.239 e. The highest BCUT2D eigenvalue weighted by atomic mass is 16.2. The van der Waals surface area contributed by atoms with Crippen molar-refractivity contribution < 1.29 is 9.59 Å². The lowest BCUT2D eigenvalue weighted by Gasteiger charge is -2.36. The van der Waals surface area contributed by atoms with E-state index in [1.54, 1.807) is 0 Å². The van der Waals surface area contributed by atoms with Crippen molar-refractivity contribution in [3.63, 3.8) is 0 Å². The minimum absolute atomic E-state index is 0.185. The van der Waals surface area contributed by atoms with Gasteiger partial charge in [0.05, 0.1) is 11.0 Å². The number of aryl methyl sites for hydroxylation is 1. The van der Waals surface area contributed by atoms with Gasteiger partial charge in [-0.15, -0.1) is 0 Å². The monoisotopic (exact) mass is 496 g/mol. The Kier molecular flexibility index (Phi) is 7.76. The van der Waals surface area contributed by atoms with E-state index >= 15 is 0 Å². The van der Waals surface area contributed by atoms with E-state index in [9.17, 15) is 9.59 Å². The van der Waals surface area contributed by atoms with E-state index in [-0.39, 0.29) is 18.2 Å². The highest BCUT2D eigenvalue weighted by Gasteiger charge is 2.18. The van der Waals surface area contributed by atoms with Gasteiger partial charge in [-0.05, 0) is 36.4 Å². The van der Waals surface area contributed by atoms with Crippen LogP contribution in [0.25, 0.3) is 16.7 Å². The molecular formula is C29H32N6O2. The molecule has 8 nitrogen and oxygen atoms in total. The lowest BCUT2D eigenvalue weighted by Crippen LogP contribution is -2.48. The van der Waals surface area contributed by atoms with Crippen molar-refractivity contribution in [1.29, 1.82) is 0 Å². The van der Waals surface area contributed by atoms with Crippen LogP contribution in [-0.2, 0) is 16.0 Å². The largest absolute Gasteiger partial charge is 0.369 e. The number of hydrazine groups is 1. The highest BCUT2D eigenvalue weighted by molar-refractivity contribution is 5.82. The molecule has 1 aromatic heterocycles. The van der Waals surface area contributed by atoms with Gasteiger partial charge in [0.1, 0.15) is 5.82 Å². The molecule has 190 valence electrons. The summed E-state index contributed by atoms with van der Waals surface area (Å²) in [4.78, 5) is 34.2. The van der Waals surface area contributed by atoms with Gasteiger partial charge in [-0.1, -0.05) is 48.5 Å². The number of anilines is 1. The maximum atomic E-state index is 12.5. The standard InChI is InChI=1S/C29H32N6O2/c36-28(16-15-27-30-25-13-7-8-14-26(25)35(27)24-11-5-2-6-12-24)31-32-29(37)17-18-33-19-21-34(22-20-33)23-9-3-1-4-10-23/h1-14H,15-22H2,(H,31,36)(H,32,37). The number of carbonyl (C=O) groups is 2. The molecule has 3 aromatic carbocycles. The molecule has 1 saturated heterocycles. The van der Waals surface area contributed by atoms with Gasteiger partial charge in [0.15, 0.2) is 0 Å². The summed E-state index contributed by atoms with van der Waals surface area (Å²) in [6, 6.07) is 28.3. The van der Waals surface area contributed by atoms with Crippen LogP contribution in [0.2, 0.25) is 0 Å². The van der Waals surface area contributed by atoms with Gasteiger partial charge in [0.25, 0.3) is 0 Å². The summed E-state index contributed by atoms with van der Waals surface area (Å²) >= 11 is 0. The molecule has 0 spiro atoms. The zero-order valence-corrected chi connectivity index (χ0v) is 20.8. The van der Waals surface area contributed by atoms with Crippen LogP contribution in [0.5, 0.6) is 0 Å². The first-order valence-electron chi connectivity index (χ1n) is 12.8. The normalized spacial score (nSPS) is 14.0. The average Bonchev–Trinajstić information content (AvgIpc) is 3.33. The second-order valence-electron chi connectivity index (χ2n) is 9.20. The number of imidazole rings is 1. The number of carbonyl (C=O) groups excluding carboxylic acids is 2. The molecule has 0 atom stereocenters. The Balaban J connectivity index is 1.07. The molecule has 0 unspecified atom stereocenters. The lowest BCUT2D eigenvalue weighted by atomic mass is 10.2. The maximum absolute atomic E-state index is 12.5. The van der Waals surface area contributed by atoms with Crippen LogP contribution in [0.3, 0.4) is 0 Å². The van der Waals surface area contributed by atoms with Crippen LogP contribution >= 0.6 is 0 Å². The van der Waals surface area contributed by atoms with E-state index in [0.717, 1.165) is 48.7 Å². The van der Waals surface area contributed by atoms with Crippen molar-refractivity contribution in [2.45, 2.75) is 19.3 Å². The van der Waals surface area contributed by atoms with Gasteiger partial charge in [-0.2, -0.15) is 0 Å². The summed E-state index contributed by atoms with van der Waals surface area (Å²) < 4.78 is 2.08. The second kappa shape index (κ2) is 11.7. The van der Waals surface area contributed by atoms with Gasteiger partial charge in [0, 0.05) is 63.4 Å². The number of hydrogen-bond acceptors (Lipinski definition) is 5. The first kappa shape index (κ1) is 24.5. The predicted molar refractivity (Wildman–Crippen MR) is 145 cm³/mol. The van der Waals surface area contributed by atoms with E-state index < -0.39 is 0 Å². The Hall–Kier alpha value is -4.17. The molecule has 2 amide bonds. The first-order chi connectivity index (χ1) is 18.2. The Morgan fingerprint density at radius 1 is 0.703 bits per heavy atom. The Bertz CT molecular complexity index is 1330. The van der Waals surface area contributed by atoms with E-state index in [4.69, 9.17) is 4.98 Å². The molecular weight excluding hydrogens is 464 g/mol. The van der Waals surface area contributed by atoms with E-state index in [0.29, 0.717) is 19.4 Å². The van der Waals surface area contributed by atoms with E-state index in [1.165, 1.54) is 5.69 Å². The van der Waals surface area contributed by atoms with Crippen LogP contribution in [0, 0.1) is 0 Å². The van der Waals surface area contributed by atoms with Crippen LogP contribution in [-0.4, -0.2) is 59.0 Å². The molecule has 2 heterocycles. The molecule has 0 bridgehead atoms. The summed E-state index contributed by atoms with van der Waals surface area (Å²) in [6.45, 7) is 4.38. The molecule has 1 aliphatic heterocycles. The first-order valence-corrected chi connectivity index (χ1v) is 12.8. The van der Waals surface area contributed by atoms with Gasteiger partial charge in [-0.3, -0.25) is 29.9 Å². The van der Waals surface area contributed by atoms with Gasteiger partial charge in [-0.25, -0.2) is 4.98 Å². The van der Waals surface area contributed by atoms with Crippen molar-refractivity contribution >= 4 is 28.5 Å². The van der Waals surface area contributed by atoms with Gasteiger partial charge in [0.2, 0.25) is 11.8 Å². The Morgan fingerprint density at radius 2 is 1.30 bits per heavy atom. The van der Waals surface area contributed by atoms with Gasteiger partial charge < -0.3 is 4.90 Å². The minimum atomic E-state index is -0.239. The molecule has 4 aromatic rings. The summed E-state index contributed by atoms with van der Waals surface area (Å²) in [5.74, 6) is 0.385. The van der Waals surface area contributed by atoms with E-state index in [2.05, 4.69) is 49.5 Å². The number of aromatic nitrogens is 2. The fourth-order valence-electron chi connectivity index (χ4n) is 4.73. The molecule has 37 heavy (non-hydrogen) atoms. The molecule has 2 N–H and O–H groups in total. The number of benzene rings is 3. The maximum Gasteiger partial charge on any atom is 0.239 e. The molecule has 8 heteroatoms. The Labute approximate surface area is 216 Å². The van der Waals surface area contributed by atoms with Gasteiger partial charge >= 0.3 is 0 Å². The van der Waals surface area contributed by atoms with E-state index in [1.807, 2.05) is 60.7 Å². The highest BCUT2D eigenvalue weighted by Crippen LogP contribution is 2.22. The summed E-state index contributed by atoms with van der Waals surface area (Å²) in [5, 5.41) is 0. The molecule has 1 aliphatic rings. The number of amides is 2. The van der Waals surface area contributed by atoms with Crippen LogP contribution < -0.4 is 15.8 Å². The topological polar surface area (TPSA) is 82.5 Å². The zero-order valence-electron chi connectivity index (χ0n) is 20.8. The SMILES string of the molecule is O=C(CCc1nc2ccccc2n1-c1ccccc1)NNC(=O)CCN1CCN(c2ccccc2)CC1. The number of hydrogen-bond donors (Lipinski definition) is 2. The van der Waals surface area contributed by atoms with Crippen LogP contribution in [0.1, 0.15) is 18.7 Å². The number of nitrogens with zero attached hydrogens (tertiary/aromatic N) is 4. The second-order valence-corrected chi connectivity index (χ2v) is 9.20. The summed E-state index contributed by atoms with van der Waals surface area (Å²) in [6.07, 6.45) is 1.02. The predicted octanol–water partition coefficient (Wildman–Crippen LogP) is 3.32. The van der Waals surface area contributed by atoms with Crippen LogP contribution in [0.15, 0.2) is 84.9 Å². The number of rotatable bonds is 8. The molecule has 0 aliphatic carbocycles. The number of piperazine rings is 1. The molecule has 5 rings (SSSR count). The van der Waals surface area contributed by atoms with Crippen molar-refractivity contribution in [3.05, 3.63) is 90.8 Å². The fraction of sp³-hybridized carbons (Fsp3) is 0.276. The molecule has 1 fully saturated rings. The number of para-hydroxylation sites is 4. The number of nitrogens with one attached hydrogen (secondary N) is 2. The summed E-state index contributed by atoms with van der Waals surface area (Å²) in [5.41, 5.74) is 9.26. The number of fused-ring (bicyclic) bond motifs is 1. The average molecular weight is 497 g/mol. The van der Waals surface area contributed by atoms with Crippen LogP contribution in [0.4, 0.5) is 5.69 Å². The Morgan fingerprint density at radius 3 is 2.00 bits per heavy atom. The third-order valence-electron chi connectivity index (χ3n) is 6.71. The fourth-order valence-corrected chi connectivity index (χ4v) is 4.73. The third-order valence-corrected chi connectivity index (χ3v) is 6.71. The van der Waals surface area contributed by atoms with Crippen molar-refractivity contribution in [1.82, 2.24) is 25.3 Å². The lowest BCUT2D eigenvalue weighted by molar-refractivity contribution is -0.129.